The molecule has 5 fully saturated rings. The quantitative estimate of drug-likeness (QED) is 0.328. The van der Waals surface area contributed by atoms with Crippen LogP contribution >= 0.6 is 0 Å². The minimum atomic E-state index is -0.503. The van der Waals surface area contributed by atoms with Gasteiger partial charge in [0.1, 0.15) is 12.1 Å². The number of carbonyl (C=O) groups is 1. The zero-order valence-electron chi connectivity index (χ0n) is 24.8. The lowest BCUT2D eigenvalue weighted by Crippen LogP contribution is -2.52. The van der Waals surface area contributed by atoms with Crippen LogP contribution in [-0.4, -0.2) is 36.6 Å². The highest BCUT2D eigenvalue weighted by molar-refractivity contribution is 5.75. The molecule has 0 unspecified atom stereocenters. The Bertz CT molecular complexity index is 953. The standard InChI is InChI=1S/C33H53NO4/c1-19(2)15-27(34)30(35)37-23-10-12-31(5)22(16-23)7-8-24-25(31)11-13-32(6)26(24)17-28-29(32)21(4)33(38-28)14-9-20(3)18-36-33/h7,19-21,23-29H,8-18,34H2,1-6H3/t20-,21+,23+,24-,25+,26+,27+,28+,29+,31+,32+,33-/m1/s1. The van der Waals surface area contributed by atoms with E-state index in [1.807, 2.05) is 0 Å². The number of nitrogens with two attached hydrogens (primary N) is 1. The second kappa shape index (κ2) is 9.58. The molecule has 4 aliphatic carbocycles. The fourth-order valence-corrected chi connectivity index (χ4v) is 10.6. The van der Waals surface area contributed by atoms with Gasteiger partial charge in [-0.15, -0.1) is 0 Å². The van der Waals surface area contributed by atoms with Crippen molar-refractivity contribution in [3.8, 4) is 0 Å². The van der Waals surface area contributed by atoms with Crippen molar-refractivity contribution in [2.75, 3.05) is 6.61 Å². The summed E-state index contributed by atoms with van der Waals surface area (Å²) in [6.45, 7) is 14.9. The Labute approximate surface area is 231 Å². The van der Waals surface area contributed by atoms with E-state index >= 15 is 0 Å². The third-order valence-electron chi connectivity index (χ3n) is 12.6. The molecule has 0 radical (unpaired) electrons. The Morgan fingerprint density at radius 1 is 1.13 bits per heavy atom. The summed E-state index contributed by atoms with van der Waals surface area (Å²) in [4.78, 5) is 12.6. The van der Waals surface area contributed by atoms with Gasteiger partial charge in [0.2, 0.25) is 0 Å². The lowest BCUT2D eigenvalue weighted by molar-refractivity contribution is -0.272. The highest BCUT2D eigenvalue weighted by Crippen LogP contribution is 2.70. The van der Waals surface area contributed by atoms with Crippen LogP contribution < -0.4 is 5.73 Å². The molecule has 5 heteroatoms. The normalized spacial score (nSPS) is 50.6. The van der Waals surface area contributed by atoms with Crippen LogP contribution in [0.15, 0.2) is 11.6 Å². The van der Waals surface area contributed by atoms with E-state index in [9.17, 15) is 4.79 Å². The van der Waals surface area contributed by atoms with Gasteiger partial charge in [-0.1, -0.05) is 53.2 Å². The third-order valence-corrected chi connectivity index (χ3v) is 12.6. The molecule has 0 aromatic carbocycles. The van der Waals surface area contributed by atoms with Crippen LogP contribution in [0.1, 0.15) is 106 Å². The van der Waals surface area contributed by atoms with Gasteiger partial charge in [0.25, 0.3) is 0 Å². The summed E-state index contributed by atoms with van der Waals surface area (Å²) in [7, 11) is 0. The van der Waals surface area contributed by atoms with Gasteiger partial charge >= 0.3 is 5.97 Å². The third kappa shape index (κ3) is 4.15. The van der Waals surface area contributed by atoms with Gasteiger partial charge in [0, 0.05) is 18.8 Å². The molecule has 0 amide bonds. The molecule has 2 saturated heterocycles. The van der Waals surface area contributed by atoms with Crippen molar-refractivity contribution in [2.45, 2.75) is 130 Å². The predicted molar refractivity (Wildman–Crippen MR) is 149 cm³/mol. The second-order valence-electron chi connectivity index (χ2n) is 15.3. The van der Waals surface area contributed by atoms with Crippen molar-refractivity contribution in [1.82, 2.24) is 0 Å². The number of carbonyl (C=O) groups excluding carboxylic acids is 1. The molecule has 5 nitrogen and oxygen atoms in total. The Morgan fingerprint density at radius 3 is 2.63 bits per heavy atom. The summed E-state index contributed by atoms with van der Waals surface area (Å²) in [5.74, 6) is 3.81. The number of esters is 1. The van der Waals surface area contributed by atoms with E-state index in [-0.39, 0.29) is 23.3 Å². The van der Waals surface area contributed by atoms with Crippen molar-refractivity contribution >= 4 is 5.97 Å². The topological polar surface area (TPSA) is 70.8 Å². The molecular weight excluding hydrogens is 474 g/mol. The molecule has 0 bridgehead atoms. The zero-order valence-corrected chi connectivity index (χ0v) is 24.8. The Hall–Kier alpha value is -0.910. The highest BCUT2D eigenvalue weighted by Gasteiger charge is 2.68. The van der Waals surface area contributed by atoms with Crippen molar-refractivity contribution in [3.05, 3.63) is 11.6 Å². The van der Waals surface area contributed by atoms with Gasteiger partial charge in [-0.25, -0.2) is 0 Å². The number of allylic oxidation sites excluding steroid dienone is 1. The molecule has 6 rings (SSSR count). The van der Waals surface area contributed by atoms with Crippen LogP contribution in [0.25, 0.3) is 0 Å². The minimum absolute atomic E-state index is 0.0140. The largest absolute Gasteiger partial charge is 0.461 e. The fraction of sp³-hybridized carbons (Fsp3) is 0.909. The monoisotopic (exact) mass is 527 g/mol. The van der Waals surface area contributed by atoms with Crippen LogP contribution in [0, 0.1) is 52.3 Å². The Balaban J connectivity index is 1.16. The maximum absolute atomic E-state index is 12.6. The van der Waals surface area contributed by atoms with Gasteiger partial charge in [-0.3, -0.25) is 4.79 Å². The first-order valence-electron chi connectivity index (χ1n) is 15.9. The second-order valence-corrected chi connectivity index (χ2v) is 15.3. The molecular formula is C33H53NO4. The van der Waals surface area contributed by atoms with Crippen LogP contribution in [-0.2, 0) is 19.0 Å². The summed E-state index contributed by atoms with van der Waals surface area (Å²) >= 11 is 0. The van der Waals surface area contributed by atoms with Crippen LogP contribution in [0.3, 0.4) is 0 Å². The lowest BCUT2D eigenvalue weighted by Gasteiger charge is -2.58. The summed E-state index contributed by atoms with van der Waals surface area (Å²) in [6, 6.07) is -0.503. The zero-order chi connectivity index (χ0) is 27.0. The van der Waals surface area contributed by atoms with E-state index in [1.165, 1.54) is 32.1 Å². The molecule has 12 atom stereocenters. The molecule has 1 spiro atoms. The van der Waals surface area contributed by atoms with E-state index in [0.29, 0.717) is 41.6 Å². The van der Waals surface area contributed by atoms with Crippen LogP contribution in [0.4, 0.5) is 0 Å². The minimum Gasteiger partial charge on any atom is -0.461 e. The van der Waals surface area contributed by atoms with E-state index in [0.717, 1.165) is 50.0 Å². The number of hydrogen-bond donors (Lipinski definition) is 1. The molecule has 3 saturated carbocycles. The van der Waals surface area contributed by atoms with Gasteiger partial charge in [-0.2, -0.15) is 0 Å². The predicted octanol–water partition coefficient (Wildman–Crippen LogP) is 6.64. The summed E-state index contributed by atoms with van der Waals surface area (Å²) in [5, 5.41) is 0. The van der Waals surface area contributed by atoms with E-state index < -0.39 is 6.04 Å². The van der Waals surface area contributed by atoms with Crippen molar-refractivity contribution in [1.29, 1.82) is 0 Å². The first-order valence-corrected chi connectivity index (χ1v) is 15.9. The maximum atomic E-state index is 12.6. The number of fused-ring (bicyclic) bond motifs is 7. The SMILES string of the molecule is CC(C)C[C@H](N)C(=O)O[C@H]1CC[C@@]2(C)C(=CC[C@H]3[C@@H]4C[C@@H]5O[C@]6(CC[C@@H](C)CO6)[C@@H](C)[C@@H]5[C@@]4(C)CC[C@@H]32)C1. The molecule has 6 aliphatic rings. The lowest BCUT2D eigenvalue weighted by atomic mass is 9.47. The molecule has 2 aliphatic heterocycles. The van der Waals surface area contributed by atoms with Crippen LogP contribution in [0.2, 0.25) is 0 Å². The Kier molecular flexibility index (Phi) is 6.88. The number of ether oxygens (including phenoxy) is 3. The van der Waals surface area contributed by atoms with Gasteiger partial charge in [0.05, 0.1) is 12.7 Å². The molecule has 0 aromatic heterocycles. The van der Waals surface area contributed by atoms with E-state index in [2.05, 4.69) is 47.6 Å². The smallest absolute Gasteiger partial charge is 0.323 e. The summed E-state index contributed by atoms with van der Waals surface area (Å²) < 4.78 is 19.4. The van der Waals surface area contributed by atoms with Gasteiger partial charge in [0.15, 0.2) is 5.79 Å². The van der Waals surface area contributed by atoms with Crippen molar-refractivity contribution in [3.63, 3.8) is 0 Å². The molecule has 214 valence electrons. The average molecular weight is 528 g/mol. The van der Waals surface area contributed by atoms with Crippen molar-refractivity contribution in [2.24, 2.45) is 58.0 Å². The maximum Gasteiger partial charge on any atom is 0.323 e. The summed E-state index contributed by atoms with van der Waals surface area (Å²) in [5.41, 5.74) is 8.27. The van der Waals surface area contributed by atoms with Crippen molar-refractivity contribution < 1.29 is 19.0 Å². The number of rotatable bonds is 4. The van der Waals surface area contributed by atoms with E-state index in [1.54, 1.807) is 5.57 Å². The fourth-order valence-electron chi connectivity index (χ4n) is 10.6. The van der Waals surface area contributed by atoms with Gasteiger partial charge in [-0.05, 0) is 97.7 Å². The van der Waals surface area contributed by atoms with E-state index in [4.69, 9.17) is 19.9 Å². The molecule has 0 aromatic rings. The summed E-state index contributed by atoms with van der Waals surface area (Å²) in [6.07, 6.45) is 13.9. The highest BCUT2D eigenvalue weighted by atomic mass is 16.7. The molecule has 2 heterocycles. The number of hydrogen-bond acceptors (Lipinski definition) is 5. The molecule has 2 N–H and O–H groups in total. The Morgan fingerprint density at radius 2 is 1.92 bits per heavy atom. The first kappa shape index (κ1) is 27.3. The first-order chi connectivity index (χ1) is 18.0. The van der Waals surface area contributed by atoms with Crippen LogP contribution in [0.5, 0.6) is 0 Å². The molecule has 38 heavy (non-hydrogen) atoms. The van der Waals surface area contributed by atoms with Gasteiger partial charge < -0.3 is 19.9 Å². The average Bonchev–Trinajstić information content (AvgIpc) is 3.31.